The van der Waals surface area contributed by atoms with Crippen LogP contribution in [0.3, 0.4) is 0 Å². The Morgan fingerprint density at radius 1 is 0.600 bits per heavy atom. The van der Waals surface area contributed by atoms with Gasteiger partial charge in [0.05, 0.1) is 11.0 Å². The molecule has 35 heavy (non-hydrogen) atoms. The number of benzene rings is 5. The minimum atomic E-state index is 0.596. The third-order valence-electron chi connectivity index (χ3n) is 6.86. The monoisotopic (exact) mass is 466 g/mol. The Hall–Kier alpha value is -4.41. The summed E-state index contributed by atoms with van der Waals surface area (Å²) in [7, 11) is 0. The molecule has 0 amide bonds. The molecule has 0 bridgehead atoms. The Labute approximate surface area is 204 Å². The molecule has 0 N–H and O–H groups in total. The molecule has 8 aromatic rings. The number of aromatic nitrogens is 2. The molecule has 0 aliphatic carbocycles. The lowest BCUT2D eigenvalue weighted by atomic mass is 10.00. The topological polar surface area (TPSA) is 31.0 Å². The van der Waals surface area contributed by atoms with Gasteiger partial charge in [-0.05, 0) is 41.5 Å². The number of hydrogen-bond acceptors (Lipinski definition) is 3. The van der Waals surface area contributed by atoms with E-state index in [1.54, 1.807) is 11.3 Å². The van der Waals surface area contributed by atoms with E-state index in [2.05, 4.69) is 108 Å². The van der Waals surface area contributed by atoms with Crippen LogP contribution in [0.15, 0.2) is 114 Å². The number of rotatable bonds is 2. The fraction of sp³-hybridized carbons (Fsp3) is 0. The van der Waals surface area contributed by atoms with Crippen LogP contribution in [0.2, 0.25) is 0 Å². The first-order chi connectivity index (χ1) is 17.4. The summed E-state index contributed by atoms with van der Waals surface area (Å²) in [5, 5.41) is 4.80. The summed E-state index contributed by atoms with van der Waals surface area (Å²) in [6, 6.07) is 38.9. The average molecular weight is 467 g/mol. The smallest absolute Gasteiger partial charge is 0.307 e. The van der Waals surface area contributed by atoms with Gasteiger partial charge < -0.3 is 4.42 Å². The van der Waals surface area contributed by atoms with Gasteiger partial charge in [-0.1, -0.05) is 78.9 Å². The second-order valence-electron chi connectivity index (χ2n) is 8.80. The molecule has 0 saturated carbocycles. The zero-order chi connectivity index (χ0) is 22.9. The first-order valence-corrected chi connectivity index (χ1v) is 12.5. The van der Waals surface area contributed by atoms with E-state index >= 15 is 0 Å². The van der Waals surface area contributed by atoms with Crippen LogP contribution in [0, 0.1) is 0 Å². The third-order valence-corrected chi connectivity index (χ3v) is 8.00. The van der Waals surface area contributed by atoms with E-state index < -0.39 is 0 Å². The molecule has 0 fully saturated rings. The van der Waals surface area contributed by atoms with Crippen molar-refractivity contribution in [3.8, 4) is 17.1 Å². The van der Waals surface area contributed by atoms with Crippen LogP contribution in [-0.2, 0) is 0 Å². The summed E-state index contributed by atoms with van der Waals surface area (Å²) in [5.41, 5.74) is 6.31. The maximum Gasteiger partial charge on any atom is 0.307 e. The molecule has 8 rings (SSSR count). The van der Waals surface area contributed by atoms with E-state index in [0.29, 0.717) is 6.01 Å². The molecule has 0 atom stereocenters. The predicted octanol–water partition coefficient (Wildman–Crippen LogP) is 8.96. The van der Waals surface area contributed by atoms with Gasteiger partial charge in [0.2, 0.25) is 0 Å². The highest BCUT2D eigenvalue weighted by Crippen LogP contribution is 2.41. The van der Waals surface area contributed by atoms with Crippen molar-refractivity contribution in [2.45, 2.75) is 0 Å². The van der Waals surface area contributed by atoms with Crippen molar-refractivity contribution in [3.05, 3.63) is 109 Å². The van der Waals surface area contributed by atoms with Gasteiger partial charge in [-0.3, -0.25) is 4.57 Å². The van der Waals surface area contributed by atoms with Gasteiger partial charge in [0.25, 0.3) is 0 Å². The molecule has 0 saturated heterocycles. The molecule has 0 aliphatic rings. The first kappa shape index (κ1) is 19.0. The number of para-hydroxylation sites is 1. The molecule has 3 heterocycles. The van der Waals surface area contributed by atoms with Crippen molar-refractivity contribution in [2.75, 3.05) is 0 Å². The first-order valence-electron chi connectivity index (χ1n) is 11.7. The van der Waals surface area contributed by atoms with Crippen molar-refractivity contribution in [2.24, 2.45) is 0 Å². The second-order valence-corrected chi connectivity index (χ2v) is 9.88. The van der Waals surface area contributed by atoms with E-state index in [1.165, 1.54) is 42.1 Å². The number of hydrogen-bond donors (Lipinski definition) is 0. The highest BCUT2D eigenvalue weighted by Gasteiger charge is 2.20. The molecule has 164 valence electrons. The zero-order valence-electron chi connectivity index (χ0n) is 18.6. The van der Waals surface area contributed by atoms with Gasteiger partial charge in [0.1, 0.15) is 5.52 Å². The second kappa shape index (κ2) is 7.05. The summed E-state index contributed by atoms with van der Waals surface area (Å²) >= 11 is 1.80. The van der Waals surface area contributed by atoms with E-state index in [-0.39, 0.29) is 0 Å². The van der Waals surface area contributed by atoms with Crippen LogP contribution in [0.1, 0.15) is 0 Å². The van der Waals surface area contributed by atoms with Crippen molar-refractivity contribution in [3.63, 3.8) is 0 Å². The van der Waals surface area contributed by atoms with Crippen LogP contribution in [0.5, 0.6) is 0 Å². The van der Waals surface area contributed by atoms with Crippen molar-refractivity contribution >= 4 is 64.4 Å². The van der Waals surface area contributed by atoms with Crippen LogP contribution >= 0.6 is 11.3 Å². The molecule has 0 spiro atoms. The lowest BCUT2D eigenvalue weighted by molar-refractivity contribution is 0.574. The lowest BCUT2D eigenvalue weighted by Gasteiger charge is -2.05. The Morgan fingerprint density at radius 2 is 1.37 bits per heavy atom. The summed E-state index contributed by atoms with van der Waals surface area (Å²) in [6.07, 6.45) is 0. The summed E-state index contributed by atoms with van der Waals surface area (Å²) in [4.78, 5) is 5.11. The Kier molecular flexibility index (Phi) is 3.82. The molecule has 4 heteroatoms. The van der Waals surface area contributed by atoms with Crippen molar-refractivity contribution < 1.29 is 4.42 Å². The zero-order valence-corrected chi connectivity index (χ0v) is 19.4. The Morgan fingerprint density at radius 3 is 2.29 bits per heavy atom. The maximum absolute atomic E-state index is 6.46. The fourth-order valence-corrected chi connectivity index (χ4v) is 6.48. The molecule has 0 radical (unpaired) electrons. The lowest BCUT2D eigenvalue weighted by Crippen LogP contribution is -1.93. The number of thiophene rings is 1. The van der Waals surface area contributed by atoms with Crippen molar-refractivity contribution in [1.82, 2.24) is 9.55 Å². The minimum absolute atomic E-state index is 0.596. The standard InChI is InChI=1S/C31H18N2OS/c1-2-9-19(10-3-1)20-13-8-15-24-28(20)21-11-4-6-14-23(21)33(24)31-32-30-25(34-31)17-18-27-29(30)22-12-5-7-16-26(22)35-27/h1-18H. The van der Waals surface area contributed by atoms with Crippen LogP contribution in [-0.4, -0.2) is 9.55 Å². The van der Waals surface area contributed by atoms with Gasteiger partial charge in [0, 0.05) is 30.9 Å². The maximum atomic E-state index is 6.46. The average Bonchev–Trinajstić information content (AvgIpc) is 3.59. The van der Waals surface area contributed by atoms with E-state index in [0.717, 1.165) is 22.1 Å². The molecule has 3 nitrogen and oxygen atoms in total. The highest BCUT2D eigenvalue weighted by atomic mass is 32.1. The van der Waals surface area contributed by atoms with Crippen LogP contribution in [0.25, 0.3) is 70.2 Å². The van der Waals surface area contributed by atoms with Gasteiger partial charge in [-0.2, -0.15) is 4.98 Å². The van der Waals surface area contributed by atoms with E-state index in [4.69, 9.17) is 9.40 Å². The van der Waals surface area contributed by atoms with Crippen LogP contribution < -0.4 is 0 Å². The van der Waals surface area contributed by atoms with Gasteiger partial charge >= 0.3 is 6.01 Å². The quantitative estimate of drug-likeness (QED) is 0.255. The normalized spacial score (nSPS) is 12.0. The number of nitrogens with zero attached hydrogens (tertiary/aromatic N) is 2. The Balaban J connectivity index is 1.49. The molecular weight excluding hydrogens is 448 g/mol. The fourth-order valence-electron chi connectivity index (χ4n) is 5.37. The number of oxazole rings is 1. The van der Waals surface area contributed by atoms with E-state index in [9.17, 15) is 0 Å². The third kappa shape index (κ3) is 2.63. The SMILES string of the molecule is c1ccc(-c2cccc3c2c2ccccc2n3-c2nc3c(ccc4sc5ccccc5c43)o2)cc1. The molecule has 5 aromatic carbocycles. The predicted molar refractivity (Wildman–Crippen MR) is 147 cm³/mol. The molecule has 0 aliphatic heterocycles. The molecule has 0 unspecified atom stereocenters. The summed E-state index contributed by atoms with van der Waals surface area (Å²) in [6.45, 7) is 0. The summed E-state index contributed by atoms with van der Waals surface area (Å²) < 4.78 is 11.1. The largest absolute Gasteiger partial charge is 0.423 e. The van der Waals surface area contributed by atoms with Gasteiger partial charge in [-0.25, -0.2) is 0 Å². The minimum Gasteiger partial charge on any atom is -0.423 e. The molecular formula is C31H18N2OS. The van der Waals surface area contributed by atoms with E-state index in [1.807, 2.05) is 6.07 Å². The summed E-state index contributed by atoms with van der Waals surface area (Å²) in [5.74, 6) is 0. The molecule has 3 aromatic heterocycles. The van der Waals surface area contributed by atoms with Gasteiger partial charge in [0.15, 0.2) is 5.58 Å². The highest BCUT2D eigenvalue weighted by molar-refractivity contribution is 7.26. The van der Waals surface area contributed by atoms with Crippen LogP contribution in [0.4, 0.5) is 0 Å². The Bertz CT molecular complexity index is 2060. The van der Waals surface area contributed by atoms with Crippen molar-refractivity contribution in [1.29, 1.82) is 0 Å². The number of fused-ring (bicyclic) bond motifs is 8. The van der Waals surface area contributed by atoms with Gasteiger partial charge in [-0.15, -0.1) is 11.3 Å².